The van der Waals surface area contributed by atoms with Gasteiger partial charge in [0.25, 0.3) is 0 Å². The Morgan fingerprint density at radius 1 is 1.05 bits per heavy atom. The van der Waals surface area contributed by atoms with Crippen LogP contribution in [0.25, 0.3) is 0 Å². The number of carbonyl (C=O) groups excluding carboxylic acids is 1. The summed E-state index contributed by atoms with van der Waals surface area (Å²) in [4.78, 5) is 11.8. The number of amides is 1. The van der Waals surface area contributed by atoms with Crippen molar-refractivity contribution in [3.05, 3.63) is 54.6 Å². The molecule has 0 saturated carbocycles. The van der Waals surface area contributed by atoms with Gasteiger partial charge in [-0.1, -0.05) is 24.3 Å². The molecule has 0 bridgehead atoms. The Hall–Kier alpha value is -2.33. The van der Waals surface area contributed by atoms with Gasteiger partial charge in [-0.3, -0.25) is 4.79 Å². The van der Waals surface area contributed by atoms with E-state index in [2.05, 4.69) is 10.6 Å². The molecule has 2 aromatic rings. The zero-order valence-electron chi connectivity index (χ0n) is 11.6. The molecule has 0 aliphatic carbocycles. The maximum absolute atomic E-state index is 11.8. The Morgan fingerprint density at radius 2 is 1.75 bits per heavy atom. The molecule has 2 N–H and O–H groups in total. The summed E-state index contributed by atoms with van der Waals surface area (Å²) in [7, 11) is 1.75. The Morgan fingerprint density at radius 3 is 2.45 bits per heavy atom. The van der Waals surface area contributed by atoms with Crippen LogP contribution < -0.4 is 15.4 Å². The van der Waals surface area contributed by atoms with Gasteiger partial charge in [-0.2, -0.15) is 0 Å². The van der Waals surface area contributed by atoms with Crippen molar-refractivity contribution in [1.82, 2.24) is 5.32 Å². The average Bonchev–Trinajstić information content (AvgIpc) is 2.47. The van der Waals surface area contributed by atoms with Gasteiger partial charge in [-0.25, -0.2) is 0 Å². The number of para-hydroxylation sites is 1. The second-order valence-corrected chi connectivity index (χ2v) is 4.44. The van der Waals surface area contributed by atoms with Crippen LogP contribution in [0.3, 0.4) is 0 Å². The number of hydrogen-bond acceptors (Lipinski definition) is 3. The molecule has 4 nitrogen and oxygen atoms in total. The van der Waals surface area contributed by atoms with Crippen LogP contribution in [0.2, 0.25) is 0 Å². The van der Waals surface area contributed by atoms with E-state index in [1.807, 2.05) is 48.5 Å². The van der Waals surface area contributed by atoms with Gasteiger partial charge in [0.2, 0.25) is 5.91 Å². The lowest BCUT2D eigenvalue weighted by Gasteiger charge is -2.12. The molecule has 1 amide bonds. The third-order valence-electron chi connectivity index (χ3n) is 2.91. The number of likely N-dealkylation sites (N-methyl/N-ethyl adjacent to an activating group) is 1. The molecule has 104 valence electrons. The van der Waals surface area contributed by atoms with Crippen LogP contribution in [-0.2, 0) is 4.79 Å². The predicted molar refractivity (Wildman–Crippen MR) is 80.1 cm³/mol. The molecule has 0 spiro atoms. The highest BCUT2D eigenvalue weighted by Gasteiger charge is 2.10. The summed E-state index contributed by atoms with van der Waals surface area (Å²) in [5, 5.41) is 5.73. The van der Waals surface area contributed by atoms with Gasteiger partial charge >= 0.3 is 0 Å². The van der Waals surface area contributed by atoms with Crippen LogP contribution in [-0.4, -0.2) is 19.0 Å². The highest BCUT2D eigenvalue weighted by atomic mass is 16.5. The van der Waals surface area contributed by atoms with E-state index < -0.39 is 0 Å². The van der Waals surface area contributed by atoms with Crippen LogP contribution in [0.4, 0.5) is 5.69 Å². The first kappa shape index (κ1) is 14.1. The molecule has 4 heteroatoms. The first-order valence-corrected chi connectivity index (χ1v) is 6.50. The summed E-state index contributed by atoms with van der Waals surface area (Å²) in [6, 6.07) is 16.6. The lowest BCUT2D eigenvalue weighted by atomic mass is 10.2. The molecule has 0 aromatic heterocycles. The van der Waals surface area contributed by atoms with Crippen molar-refractivity contribution in [1.29, 1.82) is 0 Å². The first-order valence-electron chi connectivity index (χ1n) is 6.50. The molecule has 2 rings (SSSR count). The maximum atomic E-state index is 11.8. The Labute approximate surface area is 118 Å². The molecule has 0 heterocycles. The van der Waals surface area contributed by atoms with Crippen molar-refractivity contribution >= 4 is 11.6 Å². The van der Waals surface area contributed by atoms with E-state index in [-0.39, 0.29) is 11.9 Å². The molecular weight excluding hydrogens is 252 g/mol. The summed E-state index contributed by atoms with van der Waals surface area (Å²) < 4.78 is 5.72. The highest BCUT2D eigenvalue weighted by molar-refractivity contribution is 5.94. The smallest absolute Gasteiger partial charge is 0.241 e. The molecule has 2 aromatic carbocycles. The summed E-state index contributed by atoms with van der Waals surface area (Å²) in [6.45, 7) is 1.81. The van der Waals surface area contributed by atoms with Gasteiger partial charge in [-0.05, 0) is 38.2 Å². The Bertz CT molecular complexity index is 570. The molecule has 0 fully saturated rings. The number of hydrogen-bond donors (Lipinski definition) is 2. The summed E-state index contributed by atoms with van der Waals surface area (Å²) in [5.41, 5.74) is 0.713. The number of benzene rings is 2. The van der Waals surface area contributed by atoms with Gasteiger partial charge < -0.3 is 15.4 Å². The number of rotatable bonds is 5. The minimum Gasteiger partial charge on any atom is -0.457 e. The highest BCUT2D eigenvalue weighted by Crippen LogP contribution is 2.23. The number of ether oxygens (including phenoxy) is 1. The predicted octanol–water partition coefficient (Wildman–Crippen LogP) is 3.03. The van der Waals surface area contributed by atoms with Crippen LogP contribution in [0.15, 0.2) is 54.6 Å². The van der Waals surface area contributed by atoms with Gasteiger partial charge in [0.05, 0.1) is 6.04 Å². The van der Waals surface area contributed by atoms with Gasteiger partial charge in [-0.15, -0.1) is 0 Å². The maximum Gasteiger partial charge on any atom is 0.241 e. The van der Waals surface area contributed by atoms with Gasteiger partial charge in [0.15, 0.2) is 0 Å². The zero-order chi connectivity index (χ0) is 14.4. The Kier molecular flexibility index (Phi) is 4.74. The topological polar surface area (TPSA) is 50.4 Å². The fraction of sp³-hybridized carbons (Fsp3) is 0.188. The van der Waals surface area contributed by atoms with E-state index in [0.29, 0.717) is 11.4 Å². The molecule has 1 atom stereocenters. The first-order chi connectivity index (χ1) is 9.69. The standard InChI is InChI=1S/C16H18N2O2/c1-12(17-2)16(19)18-13-7-6-10-15(11-13)20-14-8-4-3-5-9-14/h3-12,17H,1-2H3,(H,18,19). The van der Waals surface area contributed by atoms with Crippen LogP contribution in [0.1, 0.15) is 6.92 Å². The quantitative estimate of drug-likeness (QED) is 0.878. The largest absolute Gasteiger partial charge is 0.457 e. The second-order valence-electron chi connectivity index (χ2n) is 4.44. The fourth-order valence-electron chi connectivity index (χ4n) is 1.64. The fourth-order valence-corrected chi connectivity index (χ4v) is 1.64. The lowest BCUT2D eigenvalue weighted by molar-refractivity contribution is -0.117. The van der Waals surface area contributed by atoms with Crippen molar-refractivity contribution in [2.24, 2.45) is 0 Å². The number of anilines is 1. The van der Waals surface area contributed by atoms with Crippen molar-refractivity contribution in [3.8, 4) is 11.5 Å². The molecule has 0 saturated heterocycles. The van der Waals surface area contributed by atoms with Crippen LogP contribution in [0, 0.1) is 0 Å². The molecule has 20 heavy (non-hydrogen) atoms. The third kappa shape index (κ3) is 3.83. The zero-order valence-corrected chi connectivity index (χ0v) is 11.6. The SMILES string of the molecule is CNC(C)C(=O)Nc1cccc(Oc2ccccc2)c1. The van der Waals surface area contributed by atoms with Crippen molar-refractivity contribution < 1.29 is 9.53 Å². The van der Waals surface area contributed by atoms with Crippen molar-refractivity contribution in [2.75, 3.05) is 12.4 Å². The second kappa shape index (κ2) is 6.73. The third-order valence-corrected chi connectivity index (χ3v) is 2.91. The van der Waals surface area contributed by atoms with Gasteiger partial charge in [0.1, 0.15) is 11.5 Å². The number of nitrogens with one attached hydrogen (secondary N) is 2. The van der Waals surface area contributed by atoms with Crippen molar-refractivity contribution in [2.45, 2.75) is 13.0 Å². The van der Waals surface area contributed by atoms with Crippen LogP contribution in [0.5, 0.6) is 11.5 Å². The average molecular weight is 270 g/mol. The van der Waals surface area contributed by atoms with E-state index in [1.165, 1.54) is 0 Å². The lowest BCUT2D eigenvalue weighted by Crippen LogP contribution is -2.35. The van der Waals surface area contributed by atoms with E-state index >= 15 is 0 Å². The minimum absolute atomic E-state index is 0.0793. The van der Waals surface area contributed by atoms with Crippen LogP contribution >= 0.6 is 0 Å². The molecule has 0 aliphatic heterocycles. The monoisotopic (exact) mass is 270 g/mol. The molecule has 1 unspecified atom stereocenters. The molecule has 0 aliphatic rings. The molecular formula is C16H18N2O2. The summed E-state index contributed by atoms with van der Waals surface area (Å²) in [6.07, 6.45) is 0. The van der Waals surface area contributed by atoms with Crippen molar-refractivity contribution in [3.63, 3.8) is 0 Å². The normalized spacial score (nSPS) is 11.7. The minimum atomic E-state index is -0.242. The van der Waals surface area contributed by atoms with Gasteiger partial charge in [0, 0.05) is 11.8 Å². The Balaban J connectivity index is 2.06. The number of carbonyl (C=O) groups is 1. The molecule has 0 radical (unpaired) electrons. The van der Waals surface area contributed by atoms with E-state index in [4.69, 9.17) is 4.74 Å². The van der Waals surface area contributed by atoms with E-state index in [1.54, 1.807) is 20.0 Å². The van der Waals surface area contributed by atoms with E-state index in [9.17, 15) is 4.79 Å². The summed E-state index contributed by atoms with van der Waals surface area (Å²) in [5.74, 6) is 1.37. The van der Waals surface area contributed by atoms with E-state index in [0.717, 1.165) is 5.75 Å². The summed E-state index contributed by atoms with van der Waals surface area (Å²) >= 11 is 0.